The molecule has 1 heterocycles. The first-order valence-electron chi connectivity index (χ1n) is 9.54. The molecule has 11 heteroatoms. The Morgan fingerprint density at radius 2 is 1.55 bits per heavy atom. The van der Waals surface area contributed by atoms with Gasteiger partial charge in [0, 0.05) is 13.1 Å². The van der Waals surface area contributed by atoms with E-state index in [2.05, 4.69) is 4.72 Å². The predicted molar refractivity (Wildman–Crippen MR) is 116 cm³/mol. The Morgan fingerprint density at radius 3 is 2.16 bits per heavy atom. The van der Waals surface area contributed by atoms with Gasteiger partial charge in [-0.2, -0.15) is 4.31 Å². The summed E-state index contributed by atoms with van der Waals surface area (Å²) in [5.41, 5.74) is 1.18. The highest BCUT2D eigenvalue weighted by atomic mass is 32.2. The summed E-state index contributed by atoms with van der Waals surface area (Å²) >= 11 is 0. The summed E-state index contributed by atoms with van der Waals surface area (Å²) in [7, 11) is -4.94. The maximum absolute atomic E-state index is 13.1. The highest BCUT2D eigenvalue weighted by Crippen LogP contribution is 2.33. The minimum Gasteiger partial charge on any atom is -0.496 e. The van der Waals surface area contributed by atoms with Gasteiger partial charge in [-0.15, -0.1) is 0 Å². The topological polar surface area (TPSA) is 111 Å². The molecule has 0 atom stereocenters. The zero-order chi connectivity index (χ0) is 22.8. The summed E-state index contributed by atoms with van der Waals surface area (Å²) in [6, 6.07) is 7.24. The number of rotatable bonds is 7. The number of hydrogen-bond acceptors (Lipinski definition) is 7. The summed E-state index contributed by atoms with van der Waals surface area (Å²) in [6.45, 7) is 4.50. The van der Waals surface area contributed by atoms with Crippen molar-refractivity contribution in [1.29, 1.82) is 0 Å². The number of nitrogens with zero attached hydrogens (tertiary/aromatic N) is 1. The number of methoxy groups -OCH3 is 2. The molecule has 2 aromatic carbocycles. The predicted octanol–water partition coefficient (Wildman–Crippen LogP) is 2.14. The highest BCUT2D eigenvalue weighted by molar-refractivity contribution is 7.92. The lowest BCUT2D eigenvalue weighted by molar-refractivity contribution is 0.0730. The van der Waals surface area contributed by atoms with Crippen molar-refractivity contribution < 1.29 is 31.0 Å². The van der Waals surface area contributed by atoms with Crippen LogP contribution >= 0.6 is 0 Å². The summed E-state index contributed by atoms with van der Waals surface area (Å²) in [4.78, 5) is 0.0322. The van der Waals surface area contributed by atoms with E-state index in [1.807, 2.05) is 0 Å². The van der Waals surface area contributed by atoms with E-state index in [-0.39, 0.29) is 34.3 Å². The molecule has 1 aliphatic rings. The molecule has 0 saturated carbocycles. The molecule has 1 aliphatic heterocycles. The maximum Gasteiger partial charge on any atom is 0.262 e. The van der Waals surface area contributed by atoms with Crippen LogP contribution < -0.4 is 14.2 Å². The van der Waals surface area contributed by atoms with Gasteiger partial charge in [-0.05, 0) is 55.3 Å². The molecule has 0 amide bonds. The van der Waals surface area contributed by atoms with Gasteiger partial charge in [0.1, 0.15) is 11.5 Å². The van der Waals surface area contributed by atoms with Crippen molar-refractivity contribution in [3.8, 4) is 11.5 Å². The number of nitrogens with one attached hydrogen (secondary N) is 1. The summed E-state index contributed by atoms with van der Waals surface area (Å²) < 4.78 is 71.7. The van der Waals surface area contributed by atoms with Crippen LogP contribution in [0, 0.1) is 13.8 Å². The second-order valence-corrected chi connectivity index (χ2v) is 10.7. The molecular weight excluding hydrogens is 444 g/mol. The van der Waals surface area contributed by atoms with Crippen LogP contribution in [-0.2, 0) is 24.8 Å². The van der Waals surface area contributed by atoms with E-state index < -0.39 is 20.0 Å². The lowest BCUT2D eigenvalue weighted by Crippen LogP contribution is -2.40. The fraction of sp³-hybridized carbons (Fsp3) is 0.400. The Labute approximate surface area is 183 Å². The van der Waals surface area contributed by atoms with Gasteiger partial charge in [-0.25, -0.2) is 16.8 Å². The third-order valence-corrected chi connectivity index (χ3v) is 8.41. The minimum atomic E-state index is -4.03. The second-order valence-electron chi connectivity index (χ2n) is 7.07. The molecule has 0 unspecified atom stereocenters. The van der Waals surface area contributed by atoms with Gasteiger partial charge in [-0.3, -0.25) is 4.72 Å². The molecule has 1 N–H and O–H groups in total. The number of sulfonamides is 2. The largest absolute Gasteiger partial charge is 0.496 e. The van der Waals surface area contributed by atoms with E-state index in [1.165, 1.54) is 42.8 Å². The monoisotopic (exact) mass is 470 g/mol. The molecule has 1 saturated heterocycles. The molecule has 31 heavy (non-hydrogen) atoms. The first kappa shape index (κ1) is 23.3. The SMILES string of the molecule is COc1cc(C)c(S(=O)(=O)Nc2cc(S(=O)(=O)N3CCOCC3)ccc2OC)cc1C. The Kier molecular flexibility index (Phi) is 6.79. The average Bonchev–Trinajstić information content (AvgIpc) is 2.75. The van der Waals surface area contributed by atoms with Crippen molar-refractivity contribution in [1.82, 2.24) is 4.31 Å². The molecule has 3 rings (SSSR count). The van der Waals surface area contributed by atoms with Crippen LogP contribution in [0.3, 0.4) is 0 Å². The van der Waals surface area contributed by atoms with E-state index in [0.29, 0.717) is 30.1 Å². The Bertz CT molecular complexity index is 1170. The molecule has 0 spiro atoms. The van der Waals surface area contributed by atoms with Crippen LogP contribution in [0.15, 0.2) is 40.1 Å². The van der Waals surface area contributed by atoms with Crippen molar-refractivity contribution >= 4 is 25.7 Å². The maximum atomic E-state index is 13.1. The Morgan fingerprint density at radius 1 is 0.903 bits per heavy atom. The lowest BCUT2D eigenvalue weighted by atomic mass is 10.1. The fourth-order valence-electron chi connectivity index (χ4n) is 3.34. The van der Waals surface area contributed by atoms with Crippen LogP contribution in [0.1, 0.15) is 11.1 Å². The van der Waals surface area contributed by atoms with Gasteiger partial charge in [0.05, 0.1) is 42.9 Å². The van der Waals surface area contributed by atoms with Crippen molar-refractivity contribution in [3.05, 3.63) is 41.5 Å². The molecule has 170 valence electrons. The second kappa shape index (κ2) is 9.03. The highest BCUT2D eigenvalue weighted by Gasteiger charge is 2.28. The zero-order valence-electron chi connectivity index (χ0n) is 17.8. The average molecular weight is 471 g/mol. The van der Waals surface area contributed by atoms with Crippen molar-refractivity contribution in [2.75, 3.05) is 45.2 Å². The van der Waals surface area contributed by atoms with Gasteiger partial charge in [0.15, 0.2) is 0 Å². The minimum absolute atomic E-state index is 0.0319. The first-order valence-corrected chi connectivity index (χ1v) is 12.5. The standard InChI is InChI=1S/C20H26N2O7S2/c1-14-12-20(15(2)11-19(14)28-4)30(23,24)21-17-13-16(5-6-18(17)27-3)31(25,26)22-7-9-29-10-8-22/h5-6,11-13,21H,7-10H2,1-4H3. The number of benzene rings is 2. The quantitative estimate of drug-likeness (QED) is 0.660. The number of anilines is 1. The van der Waals surface area contributed by atoms with Crippen molar-refractivity contribution in [2.45, 2.75) is 23.6 Å². The number of morpholine rings is 1. The van der Waals surface area contributed by atoms with E-state index in [0.717, 1.165) is 0 Å². The molecular formula is C20H26N2O7S2. The van der Waals surface area contributed by atoms with Gasteiger partial charge in [0.25, 0.3) is 10.0 Å². The number of hydrogen-bond donors (Lipinski definition) is 1. The molecule has 1 fully saturated rings. The van der Waals surface area contributed by atoms with Gasteiger partial charge >= 0.3 is 0 Å². The van der Waals surface area contributed by atoms with Crippen molar-refractivity contribution in [3.63, 3.8) is 0 Å². The third kappa shape index (κ3) is 4.79. The van der Waals surface area contributed by atoms with Crippen molar-refractivity contribution in [2.24, 2.45) is 0 Å². The molecule has 9 nitrogen and oxygen atoms in total. The third-order valence-electron chi connectivity index (χ3n) is 5.01. The molecule has 0 aromatic heterocycles. The van der Waals surface area contributed by atoms with Gasteiger partial charge in [0.2, 0.25) is 10.0 Å². The van der Waals surface area contributed by atoms with E-state index in [9.17, 15) is 16.8 Å². The summed E-state index contributed by atoms with van der Waals surface area (Å²) in [6.07, 6.45) is 0. The van der Waals surface area contributed by atoms with E-state index in [4.69, 9.17) is 14.2 Å². The molecule has 0 bridgehead atoms. The zero-order valence-corrected chi connectivity index (χ0v) is 19.5. The Hall–Kier alpha value is -2.34. The number of ether oxygens (including phenoxy) is 3. The van der Waals surface area contributed by atoms with Crippen LogP contribution in [0.5, 0.6) is 11.5 Å². The van der Waals surface area contributed by atoms with Crippen LogP contribution in [0.4, 0.5) is 5.69 Å². The van der Waals surface area contributed by atoms with Gasteiger partial charge < -0.3 is 14.2 Å². The fourth-order valence-corrected chi connectivity index (χ4v) is 6.14. The van der Waals surface area contributed by atoms with Gasteiger partial charge in [-0.1, -0.05) is 0 Å². The normalized spacial score (nSPS) is 15.5. The smallest absolute Gasteiger partial charge is 0.262 e. The van der Waals surface area contributed by atoms with E-state index >= 15 is 0 Å². The molecule has 2 aromatic rings. The number of aryl methyl sites for hydroxylation is 2. The van der Waals surface area contributed by atoms with Crippen LogP contribution in [0.25, 0.3) is 0 Å². The Balaban J connectivity index is 2.01. The van der Waals surface area contributed by atoms with E-state index in [1.54, 1.807) is 19.9 Å². The molecule has 0 radical (unpaired) electrons. The molecule has 0 aliphatic carbocycles. The summed E-state index contributed by atoms with van der Waals surface area (Å²) in [5, 5.41) is 0. The van der Waals surface area contributed by atoms with Crippen LogP contribution in [0.2, 0.25) is 0 Å². The van der Waals surface area contributed by atoms with Crippen LogP contribution in [-0.4, -0.2) is 61.7 Å². The summed E-state index contributed by atoms with van der Waals surface area (Å²) in [5.74, 6) is 0.778. The first-order chi connectivity index (χ1) is 14.6. The lowest BCUT2D eigenvalue weighted by Gasteiger charge is -2.26.